The van der Waals surface area contributed by atoms with E-state index in [1.54, 1.807) is 0 Å². The Kier molecular flexibility index (Phi) is 2.91. The van der Waals surface area contributed by atoms with Gasteiger partial charge in [-0.25, -0.2) is 0 Å². The summed E-state index contributed by atoms with van der Waals surface area (Å²) >= 11 is 0. The van der Waals surface area contributed by atoms with E-state index in [-0.39, 0.29) is 0 Å². The molecule has 0 aliphatic rings. The second-order valence-electron chi connectivity index (χ2n) is 3.99. The fraction of sp³-hybridized carbons (Fsp3) is 0.286. The number of allylic oxidation sites excluding steroid dienone is 1. The lowest BCUT2D eigenvalue weighted by Gasteiger charge is -2.00. The van der Waals surface area contributed by atoms with Gasteiger partial charge in [0.05, 0.1) is 0 Å². The van der Waals surface area contributed by atoms with Crippen LogP contribution in [0.1, 0.15) is 24.0 Å². The summed E-state index contributed by atoms with van der Waals surface area (Å²) < 4.78 is 0. The van der Waals surface area contributed by atoms with E-state index in [0.29, 0.717) is 0 Å². The summed E-state index contributed by atoms with van der Waals surface area (Å²) in [5.74, 6) is 0. The fourth-order valence-electron chi connectivity index (χ4n) is 2.09. The lowest BCUT2D eigenvalue weighted by Crippen LogP contribution is -1.84. The van der Waals surface area contributed by atoms with Crippen molar-refractivity contribution < 1.29 is 0 Å². The van der Waals surface area contributed by atoms with Crippen LogP contribution in [0.4, 0.5) is 0 Å². The molecule has 2 aromatic rings. The van der Waals surface area contributed by atoms with Crippen molar-refractivity contribution in [2.24, 2.45) is 0 Å². The van der Waals surface area contributed by atoms with Gasteiger partial charge in [-0.15, -0.1) is 6.58 Å². The van der Waals surface area contributed by atoms with E-state index in [1.165, 1.54) is 28.5 Å². The van der Waals surface area contributed by atoms with Crippen LogP contribution in [-0.2, 0) is 6.42 Å². The highest BCUT2D eigenvalue weighted by Gasteiger charge is 2.04. The monoisotopic (exact) mass is 199 g/mol. The van der Waals surface area contributed by atoms with Gasteiger partial charge in [0, 0.05) is 17.1 Å². The molecule has 1 aromatic heterocycles. The molecule has 0 atom stereocenters. The van der Waals surface area contributed by atoms with Crippen LogP contribution < -0.4 is 0 Å². The standard InChI is InChI=1S/C14H17N/c1-3-4-5-8-12-10-15-13-9-6-7-11(2)14(12)13/h3,6-7,9-10,15H,1,4-5,8H2,2H3. The number of hydrogen-bond donors (Lipinski definition) is 1. The van der Waals surface area contributed by atoms with Crippen molar-refractivity contribution in [1.29, 1.82) is 0 Å². The lowest BCUT2D eigenvalue weighted by atomic mass is 10.0. The predicted molar refractivity (Wildman–Crippen MR) is 66.2 cm³/mol. The minimum Gasteiger partial charge on any atom is -0.361 e. The smallest absolute Gasteiger partial charge is 0.0459 e. The first-order valence-corrected chi connectivity index (χ1v) is 5.49. The number of H-pyrrole nitrogens is 1. The molecule has 0 spiro atoms. The van der Waals surface area contributed by atoms with Crippen LogP contribution >= 0.6 is 0 Å². The molecule has 0 unspecified atom stereocenters. The van der Waals surface area contributed by atoms with Crippen LogP contribution in [0.25, 0.3) is 10.9 Å². The lowest BCUT2D eigenvalue weighted by molar-refractivity contribution is 0.848. The Balaban J connectivity index is 2.31. The Labute approximate surface area is 90.8 Å². The van der Waals surface area contributed by atoms with Crippen molar-refractivity contribution in [2.45, 2.75) is 26.2 Å². The number of hydrogen-bond acceptors (Lipinski definition) is 0. The first-order chi connectivity index (χ1) is 7.33. The molecule has 0 aliphatic carbocycles. The summed E-state index contributed by atoms with van der Waals surface area (Å²) in [7, 11) is 0. The number of unbranched alkanes of at least 4 members (excludes halogenated alkanes) is 1. The third-order valence-corrected chi connectivity index (χ3v) is 2.85. The first kappa shape index (κ1) is 10.0. The maximum absolute atomic E-state index is 3.75. The molecule has 1 aromatic carbocycles. The predicted octanol–water partition coefficient (Wildman–Crippen LogP) is 3.99. The van der Waals surface area contributed by atoms with Gasteiger partial charge >= 0.3 is 0 Å². The highest BCUT2D eigenvalue weighted by Crippen LogP contribution is 2.23. The summed E-state index contributed by atoms with van der Waals surface area (Å²) in [4.78, 5) is 3.33. The molecule has 0 saturated carbocycles. The Bertz CT molecular complexity index is 465. The average molecular weight is 199 g/mol. The summed E-state index contributed by atoms with van der Waals surface area (Å²) in [6.45, 7) is 5.93. The SMILES string of the molecule is C=CCCCc1c[nH]c2cccc(C)c12. The van der Waals surface area contributed by atoms with Crippen LogP contribution in [0.15, 0.2) is 37.1 Å². The molecular formula is C14H17N. The zero-order valence-electron chi connectivity index (χ0n) is 9.22. The van der Waals surface area contributed by atoms with Crippen LogP contribution in [0.2, 0.25) is 0 Å². The van der Waals surface area contributed by atoms with Crippen LogP contribution in [0.3, 0.4) is 0 Å². The zero-order valence-corrected chi connectivity index (χ0v) is 9.22. The molecule has 0 saturated heterocycles. The third kappa shape index (κ3) is 1.96. The zero-order chi connectivity index (χ0) is 10.7. The number of nitrogens with one attached hydrogen (secondary N) is 1. The van der Waals surface area contributed by atoms with E-state index in [0.717, 1.165) is 12.8 Å². The molecule has 1 heterocycles. The van der Waals surface area contributed by atoms with Crippen molar-refractivity contribution in [3.05, 3.63) is 48.2 Å². The first-order valence-electron chi connectivity index (χ1n) is 5.49. The largest absolute Gasteiger partial charge is 0.361 e. The minimum atomic E-state index is 1.10. The van der Waals surface area contributed by atoms with Gasteiger partial charge in [-0.2, -0.15) is 0 Å². The van der Waals surface area contributed by atoms with E-state index in [9.17, 15) is 0 Å². The van der Waals surface area contributed by atoms with Gasteiger partial charge in [0.15, 0.2) is 0 Å². The number of aromatic amines is 1. The summed E-state index contributed by atoms with van der Waals surface area (Å²) in [6, 6.07) is 6.41. The minimum absolute atomic E-state index is 1.10. The van der Waals surface area contributed by atoms with E-state index in [4.69, 9.17) is 0 Å². The Morgan fingerprint density at radius 1 is 1.40 bits per heavy atom. The van der Waals surface area contributed by atoms with Crippen molar-refractivity contribution >= 4 is 10.9 Å². The molecule has 15 heavy (non-hydrogen) atoms. The molecule has 0 bridgehead atoms. The van der Waals surface area contributed by atoms with Gasteiger partial charge in [-0.05, 0) is 43.4 Å². The normalized spacial score (nSPS) is 10.7. The van der Waals surface area contributed by atoms with Gasteiger partial charge in [0.25, 0.3) is 0 Å². The second-order valence-corrected chi connectivity index (χ2v) is 3.99. The van der Waals surface area contributed by atoms with Crippen molar-refractivity contribution in [3.8, 4) is 0 Å². The Morgan fingerprint density at radius 2 is 2.27 bits per heavy atom. The Hall–Kier alpha value is -1.50. The van der Waals surface area contributed by atoms with Crippen LogP contribution in [0.5, 0.6) is 0 Å². The maximum atomic E-state index is 3.75. The molecule has 78 valence electrons. The van der Waals surface area contributed by atoms with E-state index < -0.39 is 0 Å². The number of fused-ring (bicyclic) bond motifs is 1. The molecule has 1 heteroatoms. The molecule has 1 nitrogen and oxygen atoms in total. The summed E-state index contributed by atoms with van der Waals surface area (Å²) in [5.41, 5.74) is 4.05. The van der Waals surface area contributed by atoms with Gasteiger partial charge in [-0.3, -0.25) is 0 Å². The van der Waals surface area contributed by atoms with E-state index >= 15 is 0 Å². The molecule has 0 radical (unpaired) electrons. The van der Waals surface area contributed by atoms with Crippen LogP contribution in [-0.4, -0.2) is 4.98 Å². The highest BCUT2D eigenvalue weighted by atomic mass is 14.7. The average Bonchev–Trinajstić information content (AvgIpc) is 2.63. The molecule has 0 aliphatic heterocycles. The number of benzene rings is 1. The van der Waals surface area contributed by atoms with E-state index in [1.807, 2.05) is 6.08 Å². The van der Waals surface area contributed by atoms with Crippen molar-refractivity contribution in [3.63, 3.8) is 0 Å². The number of aryl methyl sites for hydroxylation is 2. The number of aromatic nitrogens is 1. The topological polar surface area (TPSA) is 15.8 Å². The quantitative estimate of drug-likeness (QED) is 0.566. The Morgan fingerprint density at radius 3 is 3.07 bits per heavy atom. The van der Waals surface area contributed by atoms with Gasteiger partial charge in [0.1, 0.15) is 0 Å². The second kappa shape index (κ2) is 4.35. The van der Waals surface area contributed by atoms with Gasteiger partial charge < -0.3 is 4.98 Å². The van der Waals surface area contributed by atoms with Gasteiger partial charge in [-0.1, -0.05) is 18.2 Å². The molecule has 1 N–H and O–H groups in total. The maximum Gasteiger partial charge on any atom is 0.0459 e. The number of rotatable bonds is 4. The van der Waals surface area contributed by atoms with Crippen molar-refractivity contribution in [1.82, 2.24) is 4.98 Å². The summed E-state index contributed by atoms with van der Waals surface area (Å²) in [6.07, 6.45) is 7.54. The van der Waals surface area contributed by atoms with Crippen LogP contribution in [0, 0.1) is 6.92 Å². The molecule has 0 amide bonds. The summed E-state index contributed by atoms with van der Waals surface area (Å²) in [5, 5.41) is 1.40. The van der Waals surface area contributed by atoms with E-state index in [2.05, 4.69) is 42.9 Å². The third-order valence-electron chi connectivity index (χ3n) is 2.85. The molecule has 0 fully saturated rings. The molecular weight excluding hydrogens is 182 g/mol. The van der Waals surface area contributed by atoms with Gasteiger partial charge in [0.2, 0.25) is 0 Å². The molecule has 2 rings (SSSR count). The highest BCUT2D eigenvalue weighted by molar-refractivity contribution is 5.86. The fourth-order valence-corrected chi connectivity index (χ4v) is 2.09. The van der Waals surface area contributed by atoms with Crippen molar-refractivity contribution in [2.75, 3.05) is 0 Å².